The highest BCUT2D eigenvalue weighted by Crippen LogP contribution is 2.18. The molecule has 0 aromatic heterocycles. The van der Waals surface area contributed by atoms with Crippen molar-refractivity contribution >= 4 is 11.8 Å². The number of aliphatic imine (C=N–C) groups is 1. The molecule has 0 amide bonds. The number of carboxylic acid groups (broad SMARTS) is 1. The van der Waals surface area contributed by atoms with Crippen LogP contribution in [0.2, 0.25) is 0 Å². The van der Waals surface area contributed by atoms with Gasteiger partial charge in [0.1, 0.15) is 6.54 Å². The summed E-state index contributed by atoms with van der Waals surface area (Å²) in [6, 6.07) is 0. The highest BCUT2D eigenvalue weighted by molar-refractivity contribution is 5.79. The molecule has 1 aliphatic heterocycles. The third kappa shape index (κ3) is 7.39. The lowest BCUT2D eigenvalue weighted by Gasteiger charge is -2.28. The molecule has 0 bridgehead atoms. The van der Waals surface area contributed by atoms with Gasteiger partial charge in [-0.2, -0.15) is 0 Å². The first kappa shape index (κ1) is 19.1. The third-order valence-corrected chi connectivity index (χ3v) is 4.75. The number of carbonyl (C=O) groups is 1. The maximum absolute atomic E-state index is 11.0. The molecule has 128 valence electrons. The molecule has 1 heterocycles. The first-order valence-electron chi connectivity index (χ1n) is 9.19. The Morgan fingerprint density at radius 2 is 1.59 bits per heavy atom. The van der Waals surface area contributed by atoms with Crippen LogP contribution < -0.4 is 0 Å². The Kier molecular flexibility index (Phi) is 9.37. The Labute approximate surface area is 136 Å². The van der Waals surface area contributed by atoms with E-state index in [1.54, 1.807) is 0 Å². The molecular formula is C18H35N2O2+. The van der Waals surface area contributed by atoms with E-state index < -0.39 is 5.97 Å². The number of hydrogen-bond donors (Lipinski definition) is 1. The van der Waals surface area contributed by atoms with E-state index in [0.717, 1.165) is 31.8 Å². The minimum atomic E-state index is -0.722. The predicted octanol–water partition coefficient (Wildman–Crippen LogP) is 4.24. The van der Waals surface area contributed by atoms with Gasteiger partial charge in [0.15, 0.2) is 12.4 Å². The molecule has 0 saturated carbocycles. The van der Waals surface area contributed by atoms with Crippen LogP contribution in [-0.4, -0.2) is 48.1 Å². The molecule has 1 atom stereocenters. The molecule has 1 aliphatic rings. The average molecular weight is 311 g/mol. The molecule has 1 unspecified atom stereocenters. The van der Waals surface area contributed by atoms with Gasteiger partial charge in [0, 0.05) is 6.42 Å². The molecule has 0 aliphatic carbocycles. The van der Waals surface area contributed by atoms with Gasteiger partial charge in [-0.1, -0.05) is 64.7 Å². The Morgan fingerprint density at radius 1 is 1.05 bits per heavy atom. The monoisotopic (exact) mass is 311 g/mol. The number of amidine groups is 1. The first-order valence-corrected chi connectivity index (χ1v) is 9.19. The van der Waals surface area contributed by atoms with Crippen molar-refractivity contribution in [2.75, 3.05) is 26.7 Å². The summed E-state index contributed by atoms with van der Waals surface area (Å²) in [5.74, 6) is 0.377. The van der Waals surface area contributed by atoms with Crippen molar-refractivity contribution in [1.29, 1.82) is 0 Å². The second-order valence-corrected chi connectivity index (χ2v) is 6.90. The number of nitrogens with zero attached hydrogens (tertiary/aromatic N) is 2. The van der Waals surface area contributed by atoms with Crippen molar-refractivity contribution < 1.29 is 14.4 Å². The summed E-state index contributed by atoms with van der Waals surface area (Å²) < 4.78 is 0.521. The minimum Gasteiger partial charge on any atom is -0.477 e. The summed E-state index contributed by atoms with van der Waals surface area (Å²) >= 11 is 0. The van der Waals surface area contributed by atoms with Crippen molar-refractivity contribution in [3.05, 3.63) is 0 Å². The van der Waals surface area contributed by atoms with Gasteiger partial charge in [-0.15, -0.1) is 0 Å². The molecular weight excluding hydrogens is 276 g/mol. The molecule has 4 nitrogen and oxygen atoms in total. The van der Waals surface area contributed by atoms with E-state index in [9.17, 15) is 4.79 Å². The molecule has 0 aromatic carbocycles. The Bertz CT molecular complexity index is 355. The summed E-state index contributed by atoms with van der Waals surface area (Å²) in [5, 5.41) is 9.03. The van der Waals surface area contributed by atoms with Gasteiger partial charge in [0.05, 0.1) is 13.6 Å². The van der Waals surface area contributed by atoms with Gasteiger partial charge in [-0.25, -0.2) is 9.79 Å². The predicted molar refractivity (Wildman–Crippen MR) is 92.3 cm³/mol. The average Bonchev–Trinajstić information content (AvgIpc) is 2.81. The second-order valence-electron chi connectivity index (χ2n) is 6.90. The number of hydrogen-bond acceptors (Lipinski definition) is 2. The van der Waals surface area contributed by atoms with Crippen molar-refractivity contribution in [3.63, 3.8) is 0 Å². The number of likely N-dealkylation sites (N-methyl/N-ethyl adjacent to an activating group) is 1. The van der Waals surface area contributed by atoms with Gasteiger partial charge < -0.3 is 5.11 Å². The van der Waals surface area contributed by atoms with Crippen LogP contribution >= 0.6 is 0 Å². The molecule has 0 fully saturated rings. The SMILES string of the molecule is CCCCCCCCCCCCC1=NCC[N+]1(C)CC(=O)O. The fraction of sp³-hybridized carbons (Fsp3) is 0.889. The van der Waals surface area contributed by atoms with Gasteiger partial charge in [0.2, 0.25) is 0 Å². The van der Waals surface area contributed by atoms with Crippen LogP contribution in [0, 0.1) is 0 Å². The number of rotatable bonds is 13. The Hall–Kier alpha value is -0.900. The molecule has 0 saturated heterocycles. The van der Waals surface area contributed by atoms with Crippen molar-refractivity contribution in [3.8, 4) is 0 Å². The number of quaternary nitrogens is 1. The lowest BCUT2D eigenvalue weighted by atomic mass is 10.1. The van der Waals surface area contributed by atoms with E-state index in [-0.39, 0.29) is 6.54 Å². The first-order chi connectivity index (χ1) is 10.6. The van der Waals surface area contributed by atoms with Crippen LogP contribution in [-0.2, 0) is 4.79 Å². The van der Waals surface area contributed by atoms with E-state index in [1.165, 1.54) is 57.8 Å². The fourth-order valence-corrected chi connectivity index (χ4v) is 3.29. The zero-order chi connectivity index (χ0) is 16.3. The summed E-state index contributed by atoms with van der Waals surface area (Å²) in [7, 11) is 2.01. The molecule has 22 heavy (non-hydrogen) atoms. The van der Waals surface area contributed by atoms with E-state index in [2.05, 4.69) is 11.9 Å². The molecule has 0 spiro atoms. The van der Waals surface area contributed by atoms with Crippen LogP contribution in [0.1, 0.15) is 77.6 Å². The van der Waals surface area contributed by atoms with E-state index in [0.29, 0.717) is 4.48 Å². The fourth-order valence-electron chi connectivity index (χ4n) is 3.29. The number of carboxylic acids is 1. The van der Waals surface area contributed by atoms with Crippen LogP contribution in [0.3, 0.4) is 0 Å². The highest BCUT2D eigenvalue weighted by atomic mass is 16.4. The molecule has 4 heteroatoms. The lowest BCUT2D eigenvalue weighted by molar-refractivity contribution is -0.807. The summed E-state index contributed by atoms with van der Waals surface area (Å²) in [6.45, 7) is 4.07. The standard InChI is InChI=1S/C18H34N2O2/c1-3-4-5-6-7-8-9-10-11-12-13-17-19-14-15-20(17,2)16-18(21)22/h3-16H2,1-2H3/p+1. The normalized spacial score (nSPS) is 21.1. The zero-order valence-electron chi connectivity index (χ0n) is 14.6. The Morgan fingerprint density at radius 3 is 2.14 bits per heavy atom. The highest BCUT2D eigenvalue weighted by Gasteiger charge is 2.35. The maximum Gasteiger partial charge on any atom is 0.359 e. The van der Waals surface area contributed by atoms with Crippen molar-refractivity contribution in [2.45, 2.75) is 77.6 Å². The second kappa shape index (κ2) is 10.8. The minimum absolute atomic E-state index is 0.177. The van der Waals surface area contributed by atoms with Gasteiger partial charge in [-0.05, 0) is 6.42 Å². The smallest absolute Gasteiger partial charge is 0.359 e. The van der Waals surface area contributed by atoms with E-state index >= 15 is 0 Å². The van der Waals surface area contributed by atoms with Crippen molar-refractivity contribution in [2.24, 2.45) is 4.99 Å². The molecule has 1 N–H and O–H groups in total. The molecule has 0 radical (unpaired) electrons. The van der Waals surface area contributed by atoms with E-state index in [1.807, 2.05) is 7.05 Å². The quantitative estimate of drug-likeness (QED) is 0.408. The largest absolute Gasteiger partial charge is 0.477 e. The Balaban J connectivity index is 2.03. The van der Waals surface area contributed by atoms with Gasteiger partial charge in [0.25, 0.3) is 0 Å². The summed E-state index contributed by atoms with van der Waals surface area (Å²) in [5.41, 5.74) is 0. The maximum atomic E-state index is 11.0. The van der Waals surface area contributed by atoms with Crippen LogP contribution in [0.4, 0.5) is 0 Å². The number of unbranched alkanes of at least 4 members (excludes halogenated alkanes) is 9. The topological polar surface area (TPSA) is 49.7 Å². The lowest BCUT2D eigenvalue weighted by Crippen LogP contribution is -2.50. The van der Waals surface area contributed by atoms with Gasteiger partial charge in [-0.3, -0.25) is 4.48 Å². The van der Waals surface area contributed by atoms with Crippen LogP contribution in [0.25, 0.3) is 0 Å². The summed E-state index contributed by atoms with van der Waals surface area (Å²) in [4.78, 5) is 15.5. The van der Waals surface area contributed by atoms with Crippen molar-refractivity contribution in [1.82, 2.24) is 0 Å². The van der Waals surface area contributed by atoms with E-state index in [4.69, 9.17) is 5.11 Å². The number of aliphatic carboxylic acids is 1. The third-order valence-electron chi connectivity index (χ3n) is 4.75. The molecule has 0 aromatic rings. The van der Waals surface area contributed by atoms with Crippen LogP contribution in [0.15, 0.2) is 4.99 Å². The zero-order valence-corrected chi connectivity index (χ0v) is 14.6. The van der Waals surface area contributed by atoms with Gasteiger partial charge >= 0.3 is 5.97 Å². The van der Waals surface area contributed by atoms with Crippen LogP contribution in [0.5, 0.6) is 0 Å². The molecule has 1 rings (SSSR count). The summed E-state index contributed by atoms with van der Waals surface area (Å²) in [6.07, 6.45) is 14.3.